The van der Waals surface area contributed by atoms with Crippen molar-refractivity contribution in [3.05, 3.63) is 27.8 Å². The van der Waals surface area contributed by atoms with Gasteiger partial charge in [-0.25, -0.2) is 0 Å². The van der Waals surface area contributed by atoms with Crippen LogP contribution >= 0.6 is 0 Å². The molecule has 0 bridgehead atoms. The molecule has 1 aromatic rings. The number of nitrogens with zero attached hydrogens (tertiary/aromatic N) is 1. The number of benzene rings is 1. The number of carbonyl (C=O) groups excluding carboxylic acids is 1. The quantitative estimate of drug-likeness (QED) is 0.347. The number of carbonyl (C=O) groups is 1. The van der Waals surface area contributed by atoms with Crippen LogP contribution in [0.4, 0.5) is 5.69 Å². The molecular formula is C19H28N3O7+. The monoisotopic (exact) mass is 410 g/mol. The fraction of sp³-hybridized carbons (Fsp3) is 0.632. The summed E-state index contributed by atoms with van der Waals surface area (Å²) < 4.78 is 21.2. The Labute approximate surface area is 169 Å². The van der Waals surface area contributed by atoms with Crippen LogP contribution in [0.5, 0.6) is 11.5 Å². The third-order valence-electron chi connectivity index (χ3n) is 5.50. The second-order valence-electron chi connectivity index (χ2n) is 7.40. The average Bonchev–Trinajstić information content (AvgIpc) is 3.36. The molecule has 1 amide bonds. The predicted octanol–water partition coefficient (Wildman–Crippen LogP) is 0.557. The molecule has 2 aliphatic rings. The molecule has 1 aliphatic carbocycles. The summed E-state index contributed by atoms with van der Waals surface area (Å²) in [5.74, 6) is 0.439. The molecule has 0 aromatic heterocycles. The zero-order chi connectivity index (χ0) is 21.0. The van der Waals surface area contributed by atoms with Gasteiger partial charge in [-0.2, -0.15) is 0 Å². The third kappa shape index (κ3) is 4.77. The van der Waals surface area contributed by atoms with E-state index < -0.39 is 17.3 Å². The van der Waals surface area contributed by atoms with Crippen LogP contribution in [0, 0.1) is 10.1 Å². The molecule has 1 fully saturated rings. The van der Waals surface area contributed by atoms with E-state index in [4.69, 9.17) is 18.9 Å². The molecule has 29 heavy (non-hydrogen) atoms. The first-order chi connectivity index (χ1) is 13.9. The van der Waals surface area contributed by atoms with Gasteiger partial charge in [0.05, 0.1) is 18.0 Å². The Hall–Kier alpha value is -2.43. The number of ether oxygens (including phenoxy) is 4. The molecule has 1 heterocycles. The third-order valence-corrected chi connectivity index (χ3v) is 5.50. The van der Waals surface area contributed by atoms with E-state index in [1.165, 1.54) is 26.4 Å². The van der Waals surface area contributed by atoms with Gasteiger partial charge >= 0.3 is 0 Å². The highest BCUT2D eigenvalue weighted by molar-refractivity contribution is 5.84. The van der Waals surface area contributed by atoms with Crippen LogP contribution in [0.25, 0.3) is 0 Å². The molecular weight excluding hydrogens is 382 g/mol. The Kier molecular flexibility index (Phi) is 6.88. The van der Waals surface area contributed by atoms with Gasteiger partial charge in [0.25, 0.3) is 11.6 Å². The Morgan fingerprint density at radius 3 is 2.48 bits per heavy atom. The lowest BCUT2D eigenvalue weighted by Crippen LogP contribution is -3.11. The molecule has 2 unspecified atom stereocenters. The summed E-state index contributed by atoms with van der Waals surface area (Å²) in [5, 5.41) is 14.8. The van der Waals surface area contributed by atoms with Crippen molar-refractivity contribution < 1.29 is 33.6 Å². The maximum atomic E-state index is 13.3. The van der Waals surface area contributed by atoms with Crippen LogP contribution in [0.3, 0.4) is 0 Å². The van der Waals surface area contributed by atoms with Gasteiger partial charge in [0.15, 0.2) is 17.5 Å². The second kappa shape index (κ2) is 9.38. The number of nitro benzene ring substituents is 1. The largest absolute Gasteiger partial charge is 0.454 e. The van der Waals surface area contributed by atoms with Crippen LogP contribution < -0.4 is 19.7 Å². The van der Waals surface area contributed by atoms with Crippen molar-refractivity contribution in [1.82, 2.24) is 5.32 Å². The van der Waals surface area contributed by atoms with Crippen molar-refractivity contribution in [2.75, 3.05) is 34.6 Å². The van der Waals surface area contributed by atoms with E-state index in [1.807, 2.05) is 0 Å². The number of amides is 1. The van der Waals surface area contributed by atoms with E-state index in [0.717, 1.165) is 25.7 Å². The maximum absolute atomic E-state index is 13.3. The van der Waals surface area contributed by atoms with E-state index >= 15 is 0 Å². The molecule has 1 aromatic carbocycles. The zero-order valence-electron chi connectivity index (χ0n) is 16.9. The summed E-state index contributed by atoms with van der Waals surface area (Å²) in [6.45, 7) is 0.314. The summed E-state index contributed by atoms with van der Waals surface area (Å²) in [4.78, 5) is 25.2. The summed E-state index contributed by atoms with van der Waals surface area (Å²) in [7, 11) is 4.81. The van der Waals surface area contributed by atoms with Crippen molar-refractivity contribution in [2.24, 2.45) is 0 Å². The molecule has 2 atom stereocenters. The van der Waals surface area contributed by atoms with Crippen molar-refractivity contribution in [3.8, 4) is 11.5 Å². The van der Waals surface area contributed by atoms with Crippen LogP contribution in [0.1, 0.15) is 37.3 Å². The summed E-state index contributed by atoms with van der Waals surface area (Å²) in [5.41, 5.74) is 0.102. The number of quaternary nitrogens is 1. The lowest BCUT2D eigenvalue weighted by atomic mass is 10.0. The number of fused-ring (bicyclic) bond motifs is 1. The minimum atomic E-state index is -0.835. The molecule has 1 aliphatic heterocycles. The number of nitro groups is 1. The van der Waals surface area contributed by atoms with Gasteiger partial charge in [0, 0.05) is 26.3 Å². The lowest BCUT2D eigenvalue weighted by Gasteiger charge is -2.28. The Morgan fingerprint density at radius 1 is 1.28 bits per heavy atom. The second-order valence-corrected chi connectivity index (χ2v) is 7.40. The highest BCUT2D eigenvalue weighted by atomic mass is 16.7. The molecule has 0 saturated heterocycles. The van der Waals surface area contributed by atoms with Gasteiger partial charge in [0.2, 0.25) is 13.1 Å². The fourth-order valence-electron chi connectivity index (χ4n) is 3.97. The van der Waals surface area contributed by atoms with Crippen molar-refractivity contribution in [3.63, 3.8) is 0 Å². The number of rotatable bonds is 9. The summed E-state index contributed by atoms with van der Waals surface area (Å²) in [6.07, 6.45) is 3.42. The molecule has 1 saturated carbocycles. The molecule has 0 radical (unpaired) electrons. The highest BCUT2D eigenvalue weighted by Gasteiger charge is 2.39. The normalized spacial score (nSPS) is 18.1. The molecule has 3 rings (SSSR count). The summed E-state index contributed by atoms with van der Waals surface area (Å²) in [6, 6.07) is 2.12. The maximum Gasteiger partial charge on any atom is 0.283 e. The number of likely N-dealkylation sites (N-methyl/N-ethyl adjacent to an activating group) is 1. The van der Waals surface area contributed by atoms with Gasteiger partial charge in [-0.3, -0.25) is 14.9 Å². The van der Waals surface area contributed by atoms with Crippen LogP contribution in [-0.4, -0.2) is 57.8 Å². The minimum absolute atomic E-state index is 0.00695. The smallest absolute Gasteiger partial charge is 0.283 e. The number of methoxy groups -OCH3 is 2. The average molecular weight is 410 g/mol. The van der Waals surface area contributed by atoms with Gasteiger partial charge in [-0.15, -0.1) is 0 Å². The Bertz CT molecular complexity index is 748. The number of hydrogen-bond donors (Lipinski definition) is 2. The minimum Gasteiger partial charge on any atom is -0.454 e. The van der Waals surface area contributed by atoms with E-state index in [1.54, 1.807) is 7.05 Å². The molecule has 0 spiro atoms. The van der Waals surface area contributed by atoms with Crippen LogP contribution in [0.2, 0.25) is 0 Å². The summed E-state index contributed by atoms with van der Waals surface area (Å²) >= 11 is 0. The first kappa shape index (κ1) is 21.3. The van der Waals surface area contributed by atoms with Gasteiger partial charge in [-0.1, -0.05) is 12.8 Å². The van der Waals surface area contributed by atoms with Crippen molar-refractivity contribution in [2.45, 2.75) is 44.1 Å². The molecule has 160 valence electrons. The number of nitrogens with one attached hydrogen (secondary N) is 2. The SMILES string of the molecule is COC(C[NH+](C)C(C(=O)NC1CCCC1)c1cc2c(cc1[N+](=O)[O-])OCO2)OC. The number of hydrogen-bond acceptors (Lipinski definition) is 7. The Morgan fingerprint density at radius 2 is 1.90 bits per heavy atom. The molecule has 10 heteroatoms. The van der Waals surface area contributed by atoms with E-state index in [0.29, 0.717) is 22.9 Å². The lowest BCUT2D eigenvalue weighted by molar-refractivity contribution is -0.908. The van der Waals surface area contributed by atoms with Crippen molar-refractivity contribution in [1.29, 1.82) is 0 Å². The molecule has 10 nitrogen and oxygen atoms in total. The van der Waals surface area contributed by atoms with Gasteiger partial charge in [0.1, 0.15) is 12.1 Å². The standard InChI is InChI=1S/C19H27N3O7/c1-21(10-17(26-2)27-3)18(19(23)20-12-6-4-5-7-12)13-8-15-16(29-11-28-15)9-14(13)22(24)25/h8-9,12,17-18H,4-7,10-11H2,1-3H3,(H,20,23)/p+1. The van der Waals surface area contributed by atoms with E-state index in [2.05, 4.69) is 5.32 Å². The van der Waals surface area contributed by atoms with Crippen LogP contribution in [0.15, 0.2) is 12.1 Å². The van der Waals surface area contributed by atoms with Gasteiger partial charge in [-0.05, 0) is 12.8 Å². The van der Waals surface area contributed by atoms with Crippen molar-refractivity contribution >= 4 is 11.6 Å². The first-order valence-electron chi connectivity index (χ1n) is 9.70. The molecule has 2 N–H and O–H groups in total. The first-order valence-corrected chi connectivity index (χ1v) is 9.70. The zero-order valence-corrected chi connectivity index (χ0v) is 16.9. The van der Waals surface area contributed by atoms with E-state index in [-0.39, 0.29) is 30.0 Å². The highest BCUT2D eigenvalue weighted by Crippen LogP contribution is 2.39. The van der Waals surface area contributed by atoms with E-state index in [9.17, 15) is 14.9 Å². The van der Waals surface area contributed by atoms with Gasteiger partial charge < -0.3 is 29.2 Å². The predicted molar refractivity (Wildman–Crippen MR) is 102 cm³/mol. The van der Waals surface area contributed by atoms with Crippen LogP contribution in [-0.2, 0) is 14.3 Å². The topological polar surface area (TPSA) is 114 Å². The fourth-order valence-corrected chi connectivity index (χ4v) is 3.97. The Balaban J connectivity index is 1.97.